The predicted octanol–water partition coefficient (Wildman–Crippen LogP) is 3.98. The number of benzene rings is 2. The van der Waals surface area contributed by atoms with Crippen LogP contribution in [0.4, 0.5) is 21.2 Å². The number of H-pyrrole nitrogens is 1. The van der Waals surface area contributed by atoms with Crippen molar-refractivity contribution in [2.75, 3.05) is 17.7 Å². The second-order valence-corrected chi connectivity index (χ2v) is 6.08. The number of hydrogen-bond donors (Lipinski definition) is 4. The number of aromatic nitrogens is 2. The van der Waals surface area contributed by atoms with Gasteiger partial charge in [0.1, 0.15) is 0 Å². The lowest BCUT2D eigenvalue weighted by atomic mass is 10.3. The Balaban J connectivity index is 1.73. The summed E-state index contributed by atoms with van der Waals surface area (Å²) in [5.74, 6) is 0.183. The average Bonchev–Trinajstić information content (AvgIpc) is 2.97. The van der Waals surface area contributed by atoms with Gasteiger partial charge in [0.05, 0.1) is 18.1 Å². The van der Waals surface area contributed by atoms with Crippen molar-refractivity contribution in [2.45, 2.75) is 9.79 Å². The number of amides is 2. The minimum absolute atomic E-state index is 0.183. The van der Waals surface area contributed by atoms with Crippen molar-refractivity contribution in [3.8, 4) is 0 Å². The normalized spacial score (nSPS) is 10.4. The lowest BCUT2D eigenvalue weighted by Gasteiger charge is -2.05. The maximum absolute atomic E-state index is 11.2. The maximum Gasteiger partial charge on any atom is 0.411 e. The first-order valence-electron chi connectivity index (χ1n) is 7.16. The highest BCUT2D eigenvalue weighted by Gasteiger charge is 2.07. The van der Waals surface area contributed by atoms with Gasteiger partial charge in [-0.2, -0.15) is 0 Å². The van der Waals surface area contributed by atoms with Crippen molar-refractivity contribution < 1.29 is 19.4 Å². The van der Waals surface area contributed by atoms with Crippen LogP contribution in [0.25, 0.3) is 11.0 Å². The van der Waals surface area contributed by atoms with Gasteiger partial charge in [0, 0.05) is 15.5 Å². The number of methoxy groups -OCH3 is 1. The third-order valence-corrected chi connectivity index (χ3v) is 4.20. The first-order valence-corrected chi connectivity index (χ1v) is 7.98. The number of ether oxygens (including phenoxy) is 1. The minimum atomic E-state index is -1.17. The number of nitrogens with zero attached hydrogens (tertiary/aromatic N) is 1. The third-order valence-electron chi connectivity index (χ3n) is 3.20. The van der Waals surface area contributed by atoms with Gasteiger partial charge in [-0.15, -0.1) is 0 Å². The fraction of sp³-hybridized carbons (Fsp3) is 0.0625. The van der Waals surface area contributed by atoms with E-state index in [-0.39, 0.29) is 5.95 Å². The van der Waals surface area contributed by atoms with E-state index < -0.39 is 12.2 Å². The van der Waals surface area contributed by atoms with Crippen LogP contribution < -0.4 is 10.6 Å². The van der Waals surface area contributed by atoms with Gasteiger partial charge in [-0.05, 0) is 42.5 Å². The lowest BCUT2D eigenvalue weighted by molar-refractivity contribution is 0.187. The quantitative estimate of drug-likeness (QED) is 0.560. The smallest absolute Gasteiger partial charge is 0.411 e. The van der Waals surface area contributed by atoms with Gasteiger partial charge in [0.25, 0.3) is 0 Å². The number of rotatable bonds is 4. The molecule has 0 atom stereocenters. The van der Waals surface area contributed by atoms with Crippen LogP contribution in [0.2, 0.25) is 0 Å². The predicted molar refractivity (Wildman–Crippen MR) is 94.3 cm³/mol. The molecule has 0 unspecified atom stereocenters. The largest absolute Gasteiger partial charge is 0.465 e. The molecule has 0 aliphatic carbocycles. The van der Waals surface area contributed by atoms with Gasteiger partial charge in [0.15, 0.2) is 0 Å². The summed E-state index contributed by atoms with van der Waals surface area (Å²) >= 11 is 1.53. The molecule has 0 aliphatic rings. The number of imidazole rings is 1. The number of hydrogen-bond acceptors (Lipinski definition) is 5. The molecule has 0 aliphatic heterocycles. The number of carbonyl (C=O) groups excluding carboxylic acids is 1. The van der Waals surface area contributed by atoms with Crippen LogP contribution in [0.5, 0.6) is 0 Å². The van der Waals surface area contributed by atoms with Crippen LogP contribution in [-0.2, 0) is 4.74 Å². The van der Waals surface area contributed by atoms with Crippen molar-refractivity contribution in [3.63, 3.8) is 0 Å². The molecular weight excluding hydrogens is 344 g/mol. The lowest BCUT2D eigenvalue weighted by Crippen LogP contribution is -2.10. The molecule has 0 radical (unpaired) electrons. The van der Waals surface area contributed by atoms with Gasteiger partial charge < -0.3 is 14.8 Å². The van der Waals surface area contributed by atoms with Crippen molar-refractivity contribution in [1.82, 2.24) is 9.97 Å². The summed E-state index contributed by atoms with van der Waals surface area (Å²) in [4.78, 5) is 30.8. The summed E-state index contributed by atoms with van der Waals surface area (Å²) in [5, 5.41) is 13.5. The van der Waals surface area contributed by atoms with Crippen molar-refractivity contribution in [1.29, 1.82) is 0 Å². The Morgan fingerprint density at radius 1 is 1.12 bits per heavy atom. The molecule has 1 heterocycles. The van der Waals surface area contributed by atoms with E-state index in [1.165, 1.54) is 18.9 Å². The molecule has 1 aromatic heterocycles. The van der Waals surface area contributed by atoms with E-state index >= 15 is 0 Å². The SMILES string of the molecule is COC(=O)Nc1ccc(Sc2ccc3nc(NC(=O)O)[nH]c3c2)cc1. The number of carbonyl (C=O) groups is 2. The van der Waals surface area contributed by atoms with Gasteiger partial charge in [0.2, 0.25) is 5.95 Å². The highest BCUT2D eigenvalue weighted by atomic mass is 32.2. The fourth-order valence-corrected chi connectivity index (χ4v) is 2.98. The highest BCUT2D eigenvalue weighted by molar-refractivity contribution is 7.99. The van der Waals surface area contributed by atoms with Crippen LogP contribution >= 0.6 is 11.8 Å². The highest BCUT2D eigenvalue weighted by Crippen LogP contribution is 2.30. The van der Waals surface area contributed by atoms with Gasteiger partial charge in [-0.1, -0.05) is 11.8 Å². The maximum atomic E-state index is 11.2. The van der Waals surface area contributed by atoms with Gasteiger partial charge in [-0.25, -0.2) is 14.6 Å². The zero-order valence-corrected chi connectivity index (χ0v) is 13.9. The Labute approximate surface area is 146 Å². The molecule has 2 amide bonds. The number of aromatic amines is 1. The van der Waals surface area contributed by atoms with Crippen molar-refractivity contribution >= 4 is 46.6 Å². The van der Waals surface area contributed by atoms with Crippen molar-refractivity contribution in [3.05, 3.63) is 42.5 Å². The molecule has 3 rings (SSSR count). The zero-order chi connectivity index (χ0) is 17.8. The van der Waals surface area contributed by atoms with Gasteiger partial charge >= 0.3 is 12.2 Å². The number of carboxylic acid groups (broad SMARTS) is 1. The Morgan fingerprint density at radius 2 is 1.84 bits per heavy atom. The standard InChI is InChI=1S/C16H14N4O4S/c1-24-16(23)17-9-2-4-10(5-3-9)25-11-6-7-12-13(8-11)19-14(18-12)20-15(21)22/h2-8H,1H3,(H,17,23)(H,21,22)(H2,18,19,20). The molecule has 8 nitrogen and oxygen atoms in total. The fourth-order valence-electron chi connectivity index (χ4n) is 2.12. The number of nitrogens with one attached hydrogen (secondary N) is 3. The first-order chi connectivity index (χ1) is 12.0. The molecule has 4 N–H and O–H groups in total. The van der Waals surface area contributed by atoms with E-state index in [0.717, 1.165) is 15.3 Å². The molecule has 0 spiro atoms. The number of fused-ring (bicyclic) bond motifs is 1. The second kappa shape index (κ2) is 7.14. The van der Waals surface area contributed by atoms with Crippen LogP contribution in [0.15, 0.2) is 52.3 Å². The Hall–Kier alpha value is -3.20. The summed E-state index contributed by atoms with van der Waals surface area (Å²) in [6.07, 6.45) is -1.69. The van der Waals surface area contributed by atoms with Crippen LogP contribution in [-0.4, -0.2) is 34.4 Å². The molecule has 128 valence electrons. The Kier molecular flexibility index (Phi) is 4.75. The summed E-state index contributed by atoms with van der Waals surface area (Å²) in [5.41, 5.74) is 2.05. The molecule has 0 saturated carbocycles. The van der Waals surface area contributed by atoms with E-state index in [4.69, 9.17) is 5.11 Å². The summed E-state index contributed by atoms with van der Waals surface area (Å²) in [6, 6.07) is 12.9. The van der Waals surface area contributed by atoms with Crippen LogP contribution in [0.3, 0.4) is 0 Å². The van der Waals surface area contributed by atoms with Gasteiger partial charge in [-0.3, -0.25) is 10.6 Å². The molecule has 3 aromatic rings. The van der Waals surface area contributed by atoms with Crippen LogP contribution in [0.1, 0.15) is 0 Å². The zero-order valence-electron chi connectivity index (χ0n) is 13.1. The number of anilines is 2. The second-order valence-electron chi connectivity index (χ2n) is 4.94. The first kappa shape index (κ1) is 16.7. The van der Waals surface area contributed by atoms with Crippen LogP contribution in [0, 0.1) is 0 Å². The van der Waals surface area contributed by atoms with E-state index in [9.17, 15) is 9.59 Å². The molecular formula is C16H14N4O4S. The van der Waals surface area contributed by atoms with E-state index in [1.54, 1.807) is 12.1 Å². The molecule has 0 bridgehead atoms. The third kappa shape index (κ3) is 4.21. The average molecular weight is 358 g/mol. The summed E-state index contributed by atoms with van der Waals surface area (Å²) in [6.45, 7) is 0. The van der Waals surface area contributed by atoms with E-state index in [1.807, 2.05) is 30.3 Å². The molecule has 0 saturated heterocycles. The minimum Gasteiger partial charge on any atom is -0.465 e. The Morgan fingerprint density at radius 3 is 2.52 bits per heavy atom. The molecule has 2 aromatic carbocycles. The monoisotopic (exact) mass is 358 g/mol. The van der Waals surface area contributed by atoms with E-state index in [2.05, 4.69) is 25.3 Å². The molecule has 0 fully saturated rings. The van der Waals surface area contributed by atoms with E-state index in [0.29, 0.717) is 11.2 Å². The molecule has 9 heteroatoms. The topological polar surface area (TPSA) is 116 Å². The Bertz CT molecular complexity index is 924. The summed E-state index contributed by atoms with van der Waals surface area (Å²) in [7, 11) is 1.31. The summed E-state index contributed by atoms with van der Waals surface area (Å²) < 4.78 is 4.54. The van der Waals surface area contributed by atoms with Crippen molar-refractivity contribution in [2.24, 2.45) is 0 Å². The molecule has 25 heavy (non-hydrogen) atoms.